The van der Waals surface area contributed by atoms with Crippen LogP contribution < -0.4 is 11.1 Å². The molecule has 0 unspecified atom stereocenters. The van der Waals surface area contributed by atoms with Gasteiger partial charge in [0, 0.05) is 44.5 Å². The number of carbonyl (C=O) groups is 2. The Kier molecular flexibility index (Phi) is 5.99. The van der Waals surface area contributed by atoms with E-state index >= 15 is 0 Å². The quantitative estimate of drug-likeness (QED) is 0.866. The Morgan fingerprint density at radius 3 is 2.67 bits per heavy atom. The summed E-state index contributed by atoms with van der Waals surface area (Å²) in [5.74, 6) is -0.0427. The Bertz CT molecular complexity index is 521. The van der Waals surface area contributed by atoms with Crippen molar-refractivity contribution in [3.63, 3.8) is 0 Å². The van der Waals surface area contributed by atoms with Crippen molar-refractivity contribution >= 4 is 30.0 Å². The topological polar surface area (TPSA) is 78.7 Å². The Morgan fingerprint density at radius 1 is 1.38 bits per heavy atom. The van der Waals surface area contributed by atoms with Gasteiger partial charge in [0.15, 0.2) is 0 Å². The molecule has 116 valence electrons. The highest BCUT2D eigenvalue weighted by Gasteiger charge is 2.24. The lowest BCUT2D eigenvalue weighted by Crippen LogP contribution is -2.32. The SMILES string of the molecule is CN(C)C(=O)Nc1cccc(C(=O)N2CC[C@@H](N)C2)c1.Cl. The molecule has 1 aliphatic heterocycles. The monoisotopic (exact) mass is 312 g/mol. The first-order valence-electron chi connectivity index (χ1n) is 6.60. The zero-order chi connectivity index (χ0) is 14.7. The van der Waals surface area contributed by atoms with Crippen molar-refractivity contribution < 1.29 is 9.59 Å². The van der Waals surface area contributed by atoms with Crippen LogP contribution in [0.3, 0.4) is 0 Å². The van der Waals surface area contributed by atoms with Crippen molar-refractivity contribution in [2.45, 2.75) is 12.5 Å². The Labute approximate surface area is 130 Å². The smallest absolute Gasteiger partial charge is 0.321 e. The fraction of sp³-hybridized carbons (Fsp3) is 0.429. The molecule has 2 rings (SSSR count). The molecule has 21 heavy (non-hydrogen) atoms. The molecular formula is C14H21ClN4O2. The van der Waals surface area contributed by atoms with Crippen LogP contribution in [0.4, 0.5) is 10.5 Å². The van der Waals surface area contributed by atoms with Crippen LogP contribution in [0.25, 0.3) is 0 Å². The molecule has 1 aliphatic rings. The summed E-state index contributed by atoms with van der Waals surface area (Å²) in [6.07, 6.45) is 0.836. The second kappa shape index (κ2) is 7.28. The van der Waals surface area contributed by atoms with E-state index in [9.17, 15) is 9.59 Å². The van der Waals surface area contributed by atoms with Gasteiger partial charge < -0.3 is 20.9 Å². The van der Waals surface area contributed by atoms with E-state index in [4.69, 9.17) is 5.73 Å². The second-order valence-corrected chi connectivity index (χ2v) is 5.21. The highest BCUT2D eigenvalue weighted by Crippen LogP contribution is 2.16. The number of rotatable bonds is 2. The average molecular weight is 313 g/mol. The molecule has 0 bridgehead atoms. The lowest BCUT2D eigenvalue weighted by Gasteiger charge is -2.17. The van der Waals surface area contributed by atoms with Crippen LogP contribution in [0.15, 0.2) is 24.3 Å². The number of amides is 3. The zero-order valence-corrected chi connectivity index (χ0v) is 13.0. The molecule has 0 aliphatic carbocycles. The average Bonchev–Trinajstić information content (AvgIpc) is 2.84. The van der Waals surface area contributed by atoms with Gasteiger partial charge in [0.1, 0.15) is 0 Å². The van der Waals surface area contributed by atoms with Crippen LogP contribution in [-0.4, -0.2) is 55.0 Å². The van der Waals surface area contributed by atoms with Crippen molar-refractivity contribution in [1.29, 1.82) is 0 Å². The minimum atomic E-state index is -0.224. The normalized spacial score (nSPS) is 17.1. The van der Waals surface area contributed by atoms with Crippen LogP contribution in [0, 0.1) is 0 Å². The van der Waals surface area contributed by atoms with Gasteiger partial charge in [-0.25, -0.2) is 4.79 Å². The van der Waals surface area contributed by atoms with Gasteiger partial charge in [0.25, 0.3) is 5.91 Å². The third-order valence-electron chi connectivity index (χ3n) is 3.28. The summed E-state index contributed by atoms with van der Waals surface area (Å²) >= 11 is 0. The number of hydrogen-bond donors (Lipinski definition) is 2. The van der Waals surface area contributed by atoms with E-state index in [1.165, 1.54) is 4.90 Å². The maximum absolute atomic E-state index is 12.3. The molecule has 6 nitrogen and oxygen atoms in total. The van der Waals surface area contributed by atoms with Crippen LogP contribution in [0.1, 0.15) is 16.8 Å². The van der Waals surface area contributed by atoms with Crippen LogP contribution in [0.5, 0.6) is 0 Å². The molecule has 1 saturated heterocycles. The second-order valence-electron chi connectivity index (χ2n) is 5.21. The number of urea groups is 1. The van der Waals surface area contributed by atoms with Crippen LogP contribution in [0.2, 0.25) is 0 Å². The molecule has 0 saturated carbocycles. The van der Waals surface area contributed by atoms with Crippen LogP contribution >= 0.6 is 12.4 Å². The van der Waals surface area contributed by atoms with Gasteiger partial charge in [0.05, 0.1) is 0 Å². The molecule has 0 aromatic heterocycles. The highest BCUT2D eigenvalue weighted by molar-refractivity contribution is 5.97. The maximum atomic E-state index is 12.3. The van der Waals surface area contributed by atoms with E-state index in [1.807, 2.05) is 0 Å². The van der Waals surface area contributed by atoms with Gasteiger partial charge in [-0.15, -0.1) is 12.4 Å². The van der Waals surface area contributed by atoms with Crippen molar-refractivity contribution in [3.05, 3.63) is 29.8 Å². The van der Waals surface area contributed by atoms with E-state index in [-0.39, 0.29) is 30.4 Å². The van der Waals surface area contributed by atoms with Gasteiger partial charge >= 0.3 is 6.03 Å². The number of anilines is 1. The van der Waals surface area contributed by atoms with Crippen molar-refractivity contribution in [3.8, 4) is 0 Å². The maximum Gasteiger partial charge on any atom is 0.321 e. The molecule has 1 atom stereocenters. The Morgan fingerprint density at radius 2 is 2.10 bits per heavy atom. The largest absolute Gasteiger partial charge is 0.337 e. The Hall–Kier alpha value is -1.79. The number of benzene rings is 1. The minimum Gasteiger partial charge on any atom is -0.337 e. The van der Waals surface area contributed by atoms with E-state index < -0.39 is 0 Å². The van der Waals surface area contributed by atoms with E-state index in [0.29, 0.717) is 24.3 Å². The summed E-state index contributed by atoms with van der Waals surface area (Å²) in [6.45, 7) is 1.28. The number of hydrogen-bond acceptors (Lipinski definition) is 3. The fourth-order valence-electron chi connectivity index (χ4n) is 2.12. The molecule has 1 aromatic rings. The molecule has 0 spiro atoms. The minimum absolute atomic E-state index is 0. The van der Waals surface area contributed by atoms with Gasteiger partial charge in [0.2, 0.25) is 0 Å². The molecule has 1 aromatic carbocycles. The first kappa shape index (κ1) is 17.3. The number of halogens is 1. The zero-order valence-electron chi connectivity index (χ0n) is 12.2. The van der Waals surface area contributed by atoms with E-state index in [2.05, 4.69) is 5.32 Å². The summed E-state index contributed by atoms with van der Waals surface area (Å²) in [4.78, 5) is 27.1. The first-order chi connectivity index (χ1) is 9.47. The molecule has 3 N–H and O–H groups in total. The van der Waals surface area contributed by atoms with Crippen LogP contribution in [-0.2, 0) is 0 Å². The molecule has 0 radical (unpaired) electrons. The summed E-state index contributed by atoms with van der Waals surface area (Å²) in [5.41, 5.74) is 6.99. The van der Waals surface area contributed by atoms with Crippen molar-refractivity contribution in [2.75, 3.05) is 32.5 Å². The third-order valence-corrected chi connectivity index (χ3v) is 3.28. The summed E-state index contributed by atoms with van der Waals surface area (Å²) in [7, 11) is 3.33. The summed E-state index contributed by atoms with van der Waals surface area (Å²) < 4.78 is 0. The number of nitrogens with two attached hydrogens (primary N) is 1. The lowest BCUT2D eigenvalue weighted by molar-refractivity contribution is 0.0791. The first-order valence-corrected chi connectivity index (χ1v) is 6.60. The number of likely N-dealkylation sites (tertiary alicyclic amines) is 1. The Balaban J connectivity index is 0.00000220. The third kappa shape index (κ3) is 4.34. The number of nitrogens with one attached hydrogen (secondary N) is 1. The van der Waals surface area contributed by atoms with Gasteiger partial charge in [-0.1, -0.05) is 6.07 Å². The fourth-order valence-corrected chi connectivity index (χ4v) is 2.12. The summed E-state index contributed by atoms with van der Waals surface area (Å²) in [6, 6.07) is 6.79. The highest BCUT2D eigenvalue weighted by atomic mass is 35.5. The molecule has 3 amide bonds. The van der Waals surface area contributed by atoms with Crippen molar-refractivity contribution in [1.82, 2.24) is 9.80 Å². The standard InChI is InChI=1S/C14H20N4O2.ClH/c1-17(2)14(20)16-12-5-3-4-10(8-12)13(19)18-7-6-11(15)9-18;/h3-5,8,11H,6-7,9,15H2,1-2H3,(H,16,20);1H/t11-;/m1./s1. The lowest BCUT2D eigenvalue weighted by atomic mass is 10.2. The summed E-state index contributed by atoms with van der Waals surface area (Å²) in [5, 5.41) is 2.73. The van der Waals surface area contributed by atoms with Crippen molar-refractivity contribution in [2.24, 2.45) is 5.73 Å². The predicted molar refractivity (Wildman–Crippen MR) is 84.9 cm³/mol. The molecule has 7 heteroatoms. The van der Waals surface area contributed by atoms with E-state index in [0.717, 1.165) is 6.42 Å². The number of carbonyl (C=O) groups excluding carboxylic acids is 2. The van der Waals surface area contributed by atoms with E-state index in [1.54, 1.807) is 43.3 Å². The molecule has 1 fully saturated rings. The number of nitrogens with zero attached hydrogens (tertiary/aromatic N) is 2. The van der Waals surface area contributed by atoms with Gasteiger partial charge in [-0.05, 0) is 24.6 Å². The molecular weight excluding hydrogens is 292 g/mol. The van der Waals surface area contributed by atoms with Gasteiger partial charge in [-0.3, -0.25) is 4.79 Å². The predicted octanol–water partition coefficient (Wildman–Crippen LogP) is 1.38. The molecule has 1 heterocycles. The van der Waals surface area contributed by atoms with Gasteiger partial charge in [-0.2, -0.15) is 0 Å².